The van der Waals surface area contributed by atoms with E-state index in [0.29, 0.717) is 36.0 Å². The van der Waals surface area contributed by atoms with Crippen molar-refractivity contribution in [1.82, 2.24) is 0 Å². The SMILES string of the molecule is CCOc1cc(/C=C(\C#N)C(=O)Nc2ccccc2CC)ccc1OCc1cccc2ccccc12. The molecule has 0 spiro atoms. The molecule has 4 rings (SSSR count). The molecule has 5 heteroatoms. The number of fused-ring (bicyclic) bond motifs is 1. The second kappa shape index (κ2) is 11.7. The molecule has 1 N–H and O–H groups in total. The van der Waals surface area contributed by atoms with Gasteiger partial charge in [-0.05, 0) is 65.1 Å². The third-order valence-electron chi connectivity index (χ3n) is 5.85. The fraction of sp³-hybridized carbons (Fsp3) is 0.161. The number of para-hydroxylation sites is 1. The Morgan fingerprint density at radius 1 is 0.889 bits per heavy atom. The fourth-order valence-corrected chi connectivity index (χ4v) is 4.03. The van der Waals surface area contributed by atoms with E-state index >= 15 is 0 Å². The van der Waals surface area contributed by atoms with E-state index in [1.807, 2.05) is 74.5 Å². The molecule has 0 heterocycles. The maximum absolute atomic E-state index is 12.8. The van der Waals surface area contributed by atoms with Gasteiger partial charge < -0.3 is 14.8 Å². The van der Waals surface area contributed by atoms with Gasteiger partial charge in [-0.3, -0.25) is 4.79 Å². The van der Waals surface area contributed by atoms with E-state index in [2.05, 4.69) is 23.5 Å². The summed E-state index contributed by atoms with van der Waals surface area (Å²) in [6, 6.07) is 29.3. The van der Waals surface area contributed by atoms with Crippen LogP contribution in [-0.2, 0) is 17.8 Å². The van der Waals surface area contributed by atoms with Gasteiger partial charge in [0.15, 0.2) is 11.5 Å². The van der Waals surface area contributed by atoms with Crippen LogP contribution in [0.3, 0.4) is 0 Å². The first kappa shape index (κ1) is 24.6. The third-order valence-corrected chi connectivity index (χ3v) is 5.85. The number of nitrogens with zero attached hydrogens (tertiary/aromatic N) is 1. The van der Waals surface area contributed by atoms with Crippen LogP contribution in [0, 0.1) is 11.3 Å². The minimum absolute atomic E-state index is 0.00720. The lowest BCUT2D eigenvalue weighted by atomic mass is 10.1. The molecule has 0 bridgehead atoms. The fourth-order valence-electron chi connectivity index (χ4n) is 4.03. The number of rotatable bonds is 9. The van der Waals surface area contributed by atoms with Crippen LogP contribution < -0.4 is 14.8 Å². The van der Waals surface area contributed by atoms with Crippen molar-refractivity contribution in [1.29, 1.82) is 5.26 Å². The van der Waals surface area contributed by atoms with E-state index in [4.69, 9.17) is 9.47 Å². The molecule has 1 amide bonds. The van der Waals surface area contributed by atoms with Crippen molar-refractivity contribution in [2.75, 3.05) is 11.9 Å². The minimum Gasteiger partial charge on any atom is -0.490 e. The van der Waals surface area contributed by atoms with Crippen LogP contribution in [0.5, 0.6) is 11.5 Å². The molecule has 0 radical (unpaired) electrons. The number of benzene rings is 4. The maximum Gasteiger partial charge on any atom is 0.266 e. The summed E-state index contributed by atoms with van der Waals surface area (Å²) in [4.78, 5) is 12.8. The number of nitriles is 1. The van der Waals surface area contributed by atoms with Crippen molar-refractivity contribution in [2.45, 2.75) is 26.9 Å². The Bertz CT molecular complexity index is 1440. The van der Waals surface area contributed by atoms with E-state index in [9.17, 15) is 10.1 Å². The van der Waals surface area contributed by atoms with E-state index in [1.165, 1.54) is 0 Å². The summed E-state index contributed by atoms with van der Waals surface area (Å²) in [6.07, 6.45) is 2.33. The molecule has 0 aromatic heterocycles. The minimum atomic E-state index is -0.451. The molecule has 0 atom stereocenters. The first-order chi connectivity index (χ1) is 17.6. The van der Waals surface area contributed by atoms with Gasteiger partial charge in [0.05, 0.1) is 6.61 Å². The highest BCUT2D eigenvalue weighted by atomic mass is 16.5. The Balaban J connectivity index is 1.55. The summed E-state index contributed by atoms with van der Waals surface area (Å²) in [5, 5.41) is 14.8. The second-order valence-electron chi connectivity index (χ2n) is 8.20. The number of hydrogen-bond donors (Lipinski definition) is 1. The van der Waals surface area contributed by atoms with Gasteiger partial charge in [0.25, 0.3) is 5.91 Å². The molecule has 4 aromatic carbocycles. The summed E-state index contributed by atoms with van der Waals surface area (Å²) in [6.45, 7) is 4.76. The van der Waals surface area contributed by atoms with Crippen LogP contribution in [0.15, 0.2) is 90.5 Å². The molecule has 0 fully saturated rings. The third kappa shape index (κ3) is 5.73. The van der Waals surface area contributed by atoms with Crippen LogP contribution in [0.4, 0.5) is 5.69 Å². The van der Waals surface area contributed by atoms with Crippen molar-refractivity contribution >= 4 is 28.4 Å². The van der Waals surface area contributed by atoms with Crippen LogP contribution in [0.1, 0.15) is 30.5 Å². The van der Waals surface area contributed by atoms with E-state index < -0.39 is 5.91 Å². The number of carbonyl (C=O) groups excluding carboxylic acids is 1. The zero-order valence-corrected chi connectivity index (χ0v) is 20.5. The zero-order chi connectivity index (χ0) is 25.3. The standard InChI is InChI=1S/C31H28N2O3/c1-3-23-10-6-8-15-28(23)33-31(34)26(20-32)18-22-16-17-29(30(19-22)35-4-2)36-21-25-13-9-12-24-11-5-7-14-27(24)25/h5-19H,3-4,21H2,1-2H3,(H,33,34)/b26-18+. The predicted octanol–water partition coefficient (Wildman–Crippen LogP) is 6.93. The lowest BCUT2D eigenvalue weighted by Crippen LogP contribution is -2.14. The second-order valence-corrected chi connectivity index (χ2v) is 8.20. The smallest absolute Gasteiger partial charge is 0.266 e. The number of carbonyl (C=O) groups is 1. The summed E-state index contributed by atoms with van der Waals surface area (Å²) in [5.41, 5.74) is 3.47. The van der Waals surface area contributed by atoms with Crippen LogP contribution in [-0.4, -0.2) is 12.5 Å². The molecule has 4 aromatic rings. The molecule has 0 aliphatic carbocycles. The molecule has 0 unspecified atom stereocenters. The van der Waals surface area contributed by atoms with Gasteiger partial charge in [-0.25, -0.2) is 0 Å². The number of nitrogens with one attached hydrogen (secondary N) is 1. The number of hydrogen-bond acceptors (Lipinski definition) is 4. The average Bonchev–Trinajstić information content (AvgIpc) is 2.91. The predicted molar refractivity (Wildman–Crippen MR) is 144 cm³/mol. The first-order valence-electron chi connectivity index (χ1n) is 12.0. The molecule has 0 saturated carbocycles. The van der Waals surface area contributed by atoms with Crippen LogP contribution in [0.2, 0.25) is 0 Å². The zero-order valence-electron chi connectivity index (χ0n) is 20.5. The van der Waals surface area contributed by atoms with E-state index in [1.54, 1.807) is 18.2 Å². The van der Waals surface area contributed by atoms with Crippen LogP contribution >= 0.6 is 0 Å². The lowest BCUT2D eigenvalue weighted by molar-refractivity contribution is -0.112. The summed E-state index contributed by atoms with van der Waals surface area (Å²) in [5.74, 6) is 0.704. The molecule has 0 aliphatic heterocycles. The van der Waals surface area contributed by atoms with Gasteiger partial charge >= 0.3 is 0 Å². The highest BCUT2D eigenvalue weighted by Gasteiger charge is 2.13. The molecule has 180 valence electrons. The number of anilines is 1. The first-order valence-corrected chi connectivity index (χ1v) is 12.0. The lowest BCUT2D eigenvalue weighted by Gasteiger charge is -2.14. The summed E-state index contributed by atoms with van der Waals surface area (Å²) in [7, 11) is 0. The molecular formula is C31H28N2O3. The summed E-state index contributed by atoms with van der Waals surface area (Å²) >= 11 is 0. The Kier molecular flexibility index (Phi) is 8.00. The monoisotopic (exact) mass is 476 g/mol. The van der Waals surface area contributed by atoms with Crippen LogP contribution in [0.25, 0.3) is 16.8 Å². The van der Waals surface area contributed by atoms with E-state index in [-0.39, 0.29) is 5.57 Å². The Labute approximate surface area is 211 Å². The molecule has 0 saturated heterocycles. The normalized spacial score (nSPS) is 11.1. The average molecular weight is 477 g/mol. The Hall–Kier alpha value is -4.56. The number of aryl methyl sites for hydroxylation is 1. The van der Waals surface area contributed by atoms with Gasteiger partial charge in [0.1, 0.15) is 18.2 Å². The highest BCUT2D eigenvalue weighted by Crippen LogP contribution is 2.31. The molecule has 0 aliphatic rings. The van der Waals surface area contributed by atoms with E-state index in [0.717, 1.165) is 28.3 Å². The molecular weight excluding hydrogens is 448 g/mol. The Morgan fingerprint density at radius 2 is 1.64 bits per heavy atom. The highest BCUT2D eigenvalue weighted by molar-refractivity contribution is 6.10. The molecule has 5 nitrogen and oxygen atoms in total. The van der Waals surface area contributed by atoms with Crippen molar-refractivity contribution < 1.29 is 14.3 Å². The van der Waals surface area contributed by atoms with Gasteiger partial charge in [-0.2, -0.15) is 5.26 Å². The van der Waals surface area contributed by atoms with Crippen molar-refractivity contribution in [2.24, 2.45) is 0 Å². The topological polar surface area (TPSA) is 71.3 Å². The summed E-state index contributed by atoms with van der Waals surface area (Å²) < 4.78 is 11.9. The van der Waals surface area contributed by atoms with Gasteiger partial charge in [-0.15, -0.1) is 0 Å². The van der Waals surface area contributed by atoms with Gasteiger partial charge in [-0.1, -0.05) is 73.7 Å². The Morgan fingerprint density at radius 3 is 2.44 bits per heavy atom. The van der Waals surface area contributed by atoms with Gasteiger partial charge in [0.2, 0.25) is 0 Å². The largest absolute Gasteiger partial charge is 0.490 e. The van der Waals surface area contributed by atoms with Crippen molar-refractivity contribution in [3.8, 4) is 17.6 Å². The van der Waals surface area contributed by atoms with Gasteiger partial charge in [0, 0.05) is 5.69 Å². The number of amides is 1. The van der Waals surface area contributed by atoms with Crippen molar-refractivity contribution in [3.63, 3.8) is 0 Å². The quantitative estimate of drug-likeness (QED) is 0.210. The van der Waals surface area contributed by atoms with Crippen molar-refractivity contribution in [3.05, 3.63) is 107 Å². The number of ether oxygens (including phenoxy) is 2. The molecule has 36 heavy (non-hydrogen) atoms. The maximum atomic E-state index is 12.8.